The molecule has 1 aromatic heterocycles. The number of rotatable bonds is 5. The second kappa shape index (κ2) is 6.36. The van der Waals surface area contributed by atoms with Crippen molar-refractivity contribution in [3.63, 3.8) is 0 Å². The molecule has 2 rings (SSSR count). The van der Waals surface area contributed by atoms with E-state index in [0.717, 1.165) is 5.56 Å². The summed E-state index contributed by atoms with van der Waals surface area (Å²) >= 11 is 1.60. The molecule has 0 saturated carbocycles. The van der Waals surface area contributed by atoms with Crippen LogP contribution in [-0.2, 0) is 4.79 Å². The van der Waals surface area contributed by atoms with Gasteiger partial charge in [-0.2, -0.15) is 11.3 Å². The largest absolute Gasteiger partial charge is 0.482 e. The second-order valence-electron chi connectivity index (χ2n) is 4.08. The van der Waals surface area contributed by atoms with E-state index in [0.29, 0.717) is 18.0 Å². The smallest absolute Gasteiger partial charge is 0.221 e. The molecule has 1 amide bonds. The Labute approximate surface area is 116 Å². The lowest BCUT2D eigenvalue weighted by Gasteiger charge is -2.18. The molecule has 5 heteroatoms. The fourth-order valence-electron chi connectivity index (χ4n) is 1.73. The number of carbonyl (C=O) groups excluding carboxylic acids is 1. The summed E-state index contributed by atoms with van der Waals surface area (Å²) in [6, 6.07) is 9.32. The molecule has 1 atom stereocenters. The standard InChI is InChI=1S/C14H16N2O2S/c1-10(17)16-12-4-2-3-5-13(12)18-14(8-15)11-6-7-19-9-11/h2-7,9,14H,8,15H2,1H3,(H,16,17). The molecule has 1 unspecified atom stereocenters. The Morgan fingerprint density at radius 2 is 2.21 bits per heavy atom. The molecule has 1 aromatic carbocycles. The molecule has 0 saturated heterocycles. The number of nitrogens with one attached hydrogen (secondary N) is 1. The number of thiophene rings is 1. The summed E-state index contributed by atoms with van der Waals surface area (Å²) in [5, 5.41) is 6.75. The van der Waals surface area contributed by atoms with E-state index in [1.165, 1.54) is 6.92 Å². The maximum Gasteiger partial charge on any atom is 0.221 e. The van der Waals surface area contributed by atoms with Crippen LogP contribution in [0.1, 0.15) is 18.6 Å². The number of para-hydroxylation sites is 2. The highest BCUT2D eigenvalue weighted by atomic mass is 32.1. The predicted molar refractivity (Wildman–Crippen MR) is 77.5 cm³/mol. The van der Waals surface area contributed by atoms with Gasteiger partial charge in [0.05, 0.1) is 5.69 Å². The van der Waals surface area contributed by atoms with Gasteiger partial charge in [0.15, 0.2) is 0 Å². The van der Waals surface area contributed by atoms with Crippen LogP contribution in [0.15, 0.2) is 41.1 Å². The topological polar surface area (TPSA) is 64.3 Å². The molecule has 0 aliphatic heterocycles. The number of ether oxygens (including phenoxy) is 1. The Hall–Kier alpha value is -1.85. The Bertz CT molecular complexity index is 540. The van der Waals surface area contributed by atoms with Gasteiger partial charge in [-0.1, -0.05) is 12.1 Å². The molecule has 0 aliphatic rings. The van der Waals surface area contributed by atoms with Crippen LogP contribution in [0.4, 0.5) is 5.69 Å². The van der Waals surface area contributed by atoms with Crippen molar-refractivity contribution in [3.8, 4) is 5.75 Å². The molecule has 1 heterocycles. The normalized spacial score (nSPS) is 11.9. The van der Waals surface area contributed by atoms with Crippen LogP contribution in [0, 0.1) is 0 Å². The van der Waals surface area contributed by atoms with Crippen molar-refractivity contribution in [1.29, 1.82) is 0 Å². The molecule has 100 valence electrons. The van der Waals surface area contributed by atoms with E-state index >= 15 is 0 Å². The van der Waals surface area contributed by atoms with Gasteiger partial charge < -0.3 is 15.8 Å². The average molecular weight is 276 g/mol. The summed E-state index contributed by atoms with van der Waals surface area (Å²) in [5.41, 5.74) is 7.46. The fourth-order valence-corrected chi connectivity index (χ4v) is 2.43. The average Bonchev–Trinajstić information content (AvgIpc) is 2.91. The quantitative estimate of drug-likeness (QED) is 0.882. The second-order valence-corrected chi connectivity index (χ2v) is 4.86. The summed E-state index contributed by atoms with van der Waals surface area (Å²) in [6.45, 7) is 1.85. The van der Waals surface area contributed by atoms with E-state index in [4.69, 9.17) is 10.5 Å². The Morgan fingerprint density at radius 3 is 2.84 bits per heavy atom. The van der Waals surface area contributed by atoms with Crippen molar-refractivity contribution in [2.24, 2.45) is 5.73 Å². The SMILES string of the molecule is CC(=O)Nc1ccccc1OC(CN)c1ccsc1. The van der Waals surface area contributed by atoms with Crippen LogP contribution in [0.2, 0.25) is 0 Å². The van der Waals surface area contributed by atoms with Crippen LogP contribution in [0.25, 0.3) is 0 Å². The molecule has 0 aliphatic carbocycles. The Kier molecular flexibility index (Phi) is 4.54. The minimum atomic E-state index is -0.207. The van der Waals surface area contributed by atoms with E-state index < -0.39 is 0 Å². The summed E-state index contributed by atoms with van der Waals surface area (Å²) in [5.74, 6) is 0.496. The zero-order valence-corrected chi connectivity index (χ0v) is 11.4. The molecule has 2 aromatic rings. The molecule has 19 heavy (non-hydrogen) atoms. The van der Waals surface area contributed by atoms with E-state index in [1.54, 1.807) is 17.4 Å². The van der Waals surface area contributed by atoms with Gasteiger partial charge in [-0.05, 0) is 29.0 Å². The van der Waals surface area contributed by atoms with Crippen molar-refractivity contribution < 1.29 is 9.53 Å². The van der Waals surface area contributed by atoms with Gasteiger partial charge >= 0.3 is 0 Å². The number of amides is 1. The van der Waals surface area contributed by atoms with Crippen LogP contribution in [0.3, 0.4) is 0 Å². The Morgan fingerprint density at radius 1 is 1.42 bits per heavy atom. The van der Waals surface area contributed by atoms with Gasteiger partial charge in [0.2, 0.25) is 5.91 Å². The number of nitrogens with two attached hydrogens (primary N) is 1. The number of hydrogen-bond acceptors (Lipinski definition) is 4. The maximum absolute atomic E-state index is 11.2. The van der Waals surface area contributed by atoms with E-state index in [-0.39, 0.29) is 12.0 Å². The first kappa shape index (κ1) is 13.6. The van der Waals surface area contributed by atoms with Gasteiger partial charge in [0, 0.05) is 19.0 Å². The van der Waals surface area contributed by atoms with E-state index in [9.17, 15) is 4.79 Å². The van der Waals surface area contributed by atoms with Crippen LogP contribution >= 0.6 is 11.3 Å². The zero-order chi connectivity index (χ0) is 13.7. The molecule has 0 radical (unpaired) electrons. The van der Waals surface area contributed by atoms with Crippen molar-refractivity contribution in [1.82, 2.24) is 0 Å². The summed E-state index contributed by atoms with van der Waals surface area (Å²) in [4.78, 5) is 11.2. The zero-order valence-electron chi connectivity index (χ0n) is 10.6. The Balaban J connectivity index is 2.20. The molecule has 0 spiro atoms. The van der Waals surface area contributed by atoms with Gasteiger partial charge in [-0.3, -0.25) is 4.79 Å². The first-order valence-electron chi connectivity index (χ1n) is 5.96. The van der Waals surface area contributed by atoms with Crippen molar-refractivity contribution >= 4 is 22.9 Å². The monoisotopic (exact) mass is 276 g/mol. The third kappa shape index (κ3) is 3.56. The van der Waals surface area contributed by atoms with Crippen LogP contribution in [-0.4, -0.2) is 12.5 Å². The predicted octanol–water partition coefficient (Wildman–Crippen LogP) is 2.79. The molecule has 0 bridgehead atoms. The first-order chi connectivity index (χ1) is 9.20. The van der Waals surface area contributed by atoms with E-state index in [2.05, 4.69) is 5.32 Å². The van der Waals surface area contributed by atoms with Crippen molar-refractivity contribution in [2.45, 2.75) is 13.0 Å². The molecular formula is C14H16N2O2S. The van der Waals surface area contributed by atoms with Crippen LogP contribution in [0.5, 0.6) is 5.75 Å². The van der Waals surface area contributed by atoms with Crippen molar-refractivity contribution in [3.05, 3.63) is 46.7 Å². The highest BCUT2D eigenvalue weighted by Crippen LogP contribution is 2.29. The highest BCUT2D eigenvalue weighted by Gasteiger charge is 2.14. The molecular weight excluding hydrogens is 260 g/mol. The number of hydrogen-bond donors (Lipinski definition) is 2. The van der Waals surface area contributed by atoms with Gasteiger partial charge in [-0.25, -0.2) is 0 Å². The lowest BCUT2D eigenvalue weighted by molar-refractivity contribution is -0.114. The minimum absolute atomic E-state index is 0.129. The summed E-state index contributed by atoms with van der Waals surface area (Å²) < 4.78 is 5.91. The van der Waals surface area contributed by atoms with E-state index in [1.807, 2.05) is 35.0 Å². The summed E-state index contributed by atoms with van der Waals surface area (Å²) in [7, 11) is 0. The lowest BCUT2D eigenvalue weighted by Crippen LogP contribution is -2.18. The number of carbonyl (C=O) groups is 1. The van der Waals surface area contributed by atoms with Crippen LogP contribution < -0.4 is 15.8 Å². The third-order valence-electron chi connectivity index (χ3n) is 2.60. The van der Waals surface area contributed by atoms with Gasteiger partial charge in [-0.15, -0.1) is 0 Å². The summed E-state index contributed by atoms with van der Waals surface area (Å²) in [6.07, 6.45) is -0.207. The third-order valence-corrected chi connectivity index (χ3v) is 3.30. The van der Waals surface area contributed by atoms with Crippen molar-refractivity contribution in [2.75, 3.05) is 11.9 Å². The maximum atomic E-state index is 11.2. The number of anilines is 1. The fraction of sp³-hybridized carbons (Fsp3) is 0.214. The minimum Gasteiger partial charge on any atom is -0.482 e. The van der Waals surface area contributed by atoms with Gasteiger partial charge in [0.1, 0.15) is 11.9 Å². The van der Waals surface area contributed by atoms with Gasteiger partial charge in [0.25, 0.3) is 0 Å². The molecule has 3 N–H and O–H groups in total. The first-order valence-corrected chi connectivity index (χ1v) is 6.90. The highest BCUT2D eigenvalue weighted by molar-refractivity contribution is 7.07. The molecule has 4 nitrogen and oxygen atoms in total. The molecule has 0 fully saturated rings. The number of benzene rings is 1. The lowest BCUT2D eigenvalue weighted by atomic mass is 10.2.